The Morgan fingerprint density at radius 1 is 1.14 bits per heavy atom. The normalized spacial score (nSPS) is 14.7. The fourth-order valence-electron chi connectivity index (χ4n) is 2.52. The van der Waals surface area contributed by atoms with E-state index in [0.717, 1.165) is 25.9 Å². The average molecular weight is 300 g/mol. The number of hydrogen-bond acceptors (Lipinski definition) is 4. The van der Waals surface area contributed by atoms with Gasteiger partial charge in [-0.05, 0) is 37.5 Å². The number of aromatic nitrogens is 2. The predicted molar refractivity (Wildman–Crippen MR) is 81.5 cm³/mol. The number of rotatable bonds is 3. The van der Waals surface area contributed by atoms with Gasteiger partial charge in [-0.1, -0.05) is 6.07 Å². The smallest absolute Gasteiger partial charge is 0.272 e. The zero-order valence-electron chi connectivity index (χ0n) is 12.1. The molecule has 1 aliphatic rings. The third-order valence-electron chi connectivity index (χ3n) is 3.63. The van der Waals surface area contributed by atoms with Crippen LogP contribution < -0.4 is 5.32 Å². The summed E-state index contributed by atoms with van der Waals surface area (Å²) in [5.74, 6) is 0.0639. The minimum atomic E-state index is -0.330. The molecule has 2 heterocycles. The van der Waals surface area contributed by atoms with E-state index < -0.39 is 0 Å². The van der Waals surface area contributed by atoms with Gasteiger partial charge in [0.05, 0.1) is 0 Å². The summed E-state index contributed by atoms with van der Waals surface area (Å²) < 4.78 is 13.2. The van der Waals surface area contributed by atoms with Crippen LogP contribution in [0.1, 0.15) is 29.8 Å². The van der Waals surface area contributed by atoms with Crippen molar-refractivity contribution in [3.63, 3.8) is 0 Å². The van der Waals surface area contributed by atoms with E-state index in [1.54, 1.807) is 18.2 Å². The molecule has 6 heteroatoms. The molecule has 0 spiro atoms. The van der Waals surface area contributed by atoms with E-state index in [1.165, 1.54) is 24.9 Å². The lowest BCUT2D eigenvalue weighted by atomic mass is 10.1. The maximum atomic E-state index is 13.2. The summed E-state index contributed by atoms with van der Waals surface area (Å²) >= 11 is 0. The van der Waals surface area contributed by atoms with Gasteiger partial charge in [0.1, 0.15) is 23.7 Å². The Morgan fingerprint density at radius 2 is 1.95 bits per heavy atom. The molecule has 114 valence electrons. The lowest BCUT2D eigenvalue weighted by Gasteiger charge is -2.26. The molecule has 1 amide bonds. The summed E-state index contributed by atoms with van der Waals surface area (Å²) in [5, 5.41) is 2.98. The first-order valence-electron chi connectivity index (χ1n) is 7.36. The highest BCUT2D eigenvalue weighted by molar-refractivity contribution is 5.93. The first kappa shape index (κ1) is 14.4. The van der Waals surface area contributed by atoms with E-state index in [0.29, 0.717) is 17.2 Å². The molecule has 1 aromatic carbocycles. The number of nitrogens with zero attached hydrogens (tertiary/aromatic N) is 3. The highest BCUT2D eigenvalue weighted by Gasteiger charge is 2.19. The summed E-state index contributed by atoms with van der Waals surface area (Å²) in [7, 11) is 0. The molecule has 0 aliphatic carbocycles. The molecule has 2 aromatic rings. The van der Waals surface area contributed by atoms with Crippen LogP contribution in [0.5, 0.6) is 0 Å². The van der Waals surface area contributed by atoms with Gasteiger partial charge in [-0.3, -0.25) is 4.79 Å². The van der Waals surface area contributed by atoms with Crippen molar-refractivity contribution < 1.29 is 9.18 Å². The van der Waals surface area contributed by atoms with Crippen LogP contribution in [0.2, 0.25) is 0 Å². The number of anilines is 2. The van der Waals surface area contributed by atoms with Crippen molar-refractivity contribution in [2.24, 2.45) is 0 Å². The minimum absolute atomic E-state index is 0.0793. The summed E-state index contributed by atoms with van der Waals surface area (Å²) in [6.45, 7) is 1.55. The molecule has 0 atom stereocenters. The van der Waals surface area contributed by atoms with Gasteiger partial charge >= 0.3 is 0 Å². The van der Waals surface area contributed by atoms with Gasteiger partial charge < -0.3 is 10.2 Å². The SMILES string of the molecule is O=C(c1cc(Nc2cccc(F)c2)ncn1)N1CCCCC1. The Balaban J connectivity index is 1.75. The number of carbonyl (C=O) groups excluding carboxylic acids is 1. The van der Waals surface area contributed by atoms with E-state index in [9.17, 15) is 9.18 Å². The van der Waals surface area contributed by atoms with Crippen LogP contribution in [-0.4, -0.2) is 33.9 Å². The number of benzene rings is 1. The minimum Gasteiger partial charge on any atom is -0.340 e. The van der Waals surface area contributed by atoms with Crippen LogP contribution in [0, 0.1) is 5.82 Å². The van der Waals surface area contributed by atoms with E-state index in [-0.39, 0.29) is 11.7 Å². The van der Waals surface area contributed by atoms with Crippen LogP contribution in [-0.2, 0) is 0 Å². The molecule has 1 saturated heterocycles. The van der Waals surface area contributed by atoms with Crippen LogP contribution in [0.3, 0.4) is 0 Å². The van der Waals surface area contributed by atoms with E-state index in [4.69, 9.17) is 0 Å². The van der Waals surface area contributed by atoms with Crippen LogP contribution in [0.15, 0.2) is 36.7 Å². The lowest BCUT2D eigenvalue weighted by molar-refractivity contribution is 0.0718. The van der Waals surface area contributed by atoms with Crippen molar-refractivity contribution in [1.82, 2.24) is 14.9 Å². The van der Waals surface area contributed by atoms with Crippen LogP contribution in [0.25, 0.3) is 0 Å². The van der Waals surface area contributed by atoms with Crippen molar-refractivity contribution in [3.05, 3.63) is 48.2 Å². The molecule has 3 rings (SSSR count). The van der Waals surface area contributed by atoms with Gasteiger partial charge in [-0.25, -0.2) is 14.4 Å². The topological polar surface area (TPSA) is 58.1 Å². The average Bonchev–Trinajstić information content (AvgIpc) is 2.55. The molecule has 1 fully saturated rings. The number of likely N-dealkylation sites (tertiary alicyclic amines) is 1. The maximum Gasteiger partial charge on any atom is 0.272 e. The third-order valence-corrected chi connectivity index (χ3v) is 3.63. The molecule has 1 N–H and O–H groups in total. The molecule has 22 heavy (non-hydrogen) atoms. The van der Waals surface area contributed by atoms with E-state index in [2.05, 4.69) is 15.3 Å². The fraction of sp³-hybridized carbons (Fsp3) is 0.312. The molecule has 1 aromatic heterocycles. The summed E-state index contributed by atoms with van der Waals surface area (Å²) in [4.78, 5) is 22.4. The van der Waals surface area contributed by atoms with Crippen molar-refractivity contribution in [1.29, 1.82) is 0 Å². The molecule has 0 radical (unpaired) electrons. The largest absolute Gasteiger partial charge is 0.340 e. The van der Waals surface area contributed by atoms with Crippen LogP contribution in [0.4, 0.5) is 15.9 Å². The Hall–Kier alpha value is -2.50. The zero-order valence-corrected chi connectivity index (χ0v) is 12.1. The molecule has 0 saturated carbocycles. The number of carbonyl (C=O) groups is 1. The summed E-state index contributed by atoms with van der Waals surface area (Å²) in [6, 6.07) is 7.68. The third kappa shape index (κ3) is 3.39. The lowest BCUT2D eigenvalue weighted by Crippen LogP contribution is -2.36. The number of piperidine rings is 1. The Bertz CT molecular complexity index is 671. The predicted octanol–water partition coefficient (Wildman–Crippen LogP) is 2.99. The molecule has 1 aliphatic heterocycles. The van der Waals surface area contributed by atoms with Crippen LogP contribution >= 0.6 is 0 Å². The molecule has 0 unspecified atom stereocenters. The van der Waals surface area contributed by atoms with Gasteiger partial charge in [0.15, 0.2) is 0 Å². The highest BCUT2D eigenvalue weighted by Crippen LogP contribution is 2.17. The first-order chi connectivity index (χ1) is 10.7. The van der Waals surface area contributed by atoms with Gasteiger partial charge in [-0.2, -0.15) is 0 Å². The van der Waals surface area contributed by atoms with Crippen molar-refractivity contribution >= 4 is 17.4 Å². The quantitative estimate of drug-likeness (QED) is 0.946. The summed E-state index contributed by atoms with van der Waals surface area (Å²) in [5.41, 5.74) is 0.936. The maximum absolute atomic E-state index is 13.2. The van der Waals surface area contributed by atoms with Gasteiger partial charge in [0.2, 0.25) is 0 Å². The number of nitrogens with one attached hydrogen (secondary N) is 1. The Labute approximate surface area is 128 Å². The van der Waals surface area contributed by atoms with E-state index in [1.807, 2.05) is 4.90 Å². The second-order valence-corrected chi connectivity index (χ2v) is 5.28. The number of amides is 1. The van der Waals surface area contributed by atoms with E-state index >= 15 is 0 Å². The van der Waals surface area contributed by atoms with Gasteiger partial charge in [0, 0.05) is 24.8 Å². The monoisotopic (exact) mass is 300 g/mol. The first-order valence-corrected chi connectivity index (χ1v) is 7.36. The van der Waals surface area contributed by atoms with Crippen molar-refractivity contribution in [2.45, 2.75) is 19.3 Å². The van der Waals surface area contributed by atoms with Crippen molar-refractivity contribution in [2.75, 3.05) is 18.4 Å². The zero-order chi connectivity index (χ0) is 15.4. The number of halogens is 1. The van der Waals surface area contributed by atoms with Crippen molar-refractivity contribution in [3.8, 4) is 0 Å². The Morgan fingerprint density at radius 3 is 2.73 bits per heavy atom. The second-order valence-electron chi connectivity index (χ2n) is 5.28. The molecular formula is C16H17FN4O. The molecule has 5 nitrogen and oxygen atoms in total. The fourth-order valence-corrected chi connectivity index (χ4v) is 2.52. The Kier molecular flexibility index (Phi) is 4.27. The van der Waals surface area contributed by atoms with Gasteiger partial charge in [0.25, 0.3) is 5.91 Å². The van der Waals surface area contributed by atoms with Gasteiger partial charge in [-0.15, -0.1) is 0 Å². The second kappa shape index (κ2) is 6.51. The number of hydrogen-bond donors (Lipinski definition) is 1. The summed E-state index contributed by atoms with van der Waals surface area (Å²) in [6.07, 6.45) is 4.58. The highest BCUT2D eigenvalue weighted by atomic mass is 19.1. The molecule has 0 bridgehead atoms. The standard InChI is InChI=1S/C16H17FN4O/c17-12-5-4-6-13(9-12)20-15-10-14(18-11-19-15)16(22)21-7-2-1-3-8-21/h4-6,9-11H,1-3,7-8H2,(H,18,19,20). The molecular weight excluding hydrogens is 283 g/mol.